The van der Waals surface area contributed by atoms with Crippen LogP contribution in [0.2, 0.25) is 0 Å². The highest BCUT2D eigenvalue weighted by Crippen LogP contribution is 2.30. The first-order valence-electron chi connectivity index (χ1n) is 9.45. The number of hydrogen-bond acceptors (Lipinski definition) is 8. The van der Waals surface area contributed by atoms with Crippen LogP contribution in [0, 0.1) is 0 Å². The fourth-order valence-electron chi connectivity index (χ4n) is 3.40. The zero-order valence-electron chi connectivity index (χ0n) is 16.0. The summed E-state index contributed by atoms with van der Waals surface area (Å²) < 4.78 is 12.5. The van der Waals surface area contributed by atoms with E-state index < -0.39 is 37.3 Å². The number of ether oxygens (including phenoxy) is 2. The van der Waals surface area contributed by atoms with E-state index >= 15 is 0 Å². The van der Waals surface area contributed by atoms with Crippen LogP contribution in [-0.4, -0.2) is 73.0 Å². The molecule has 28 heavy (non-hydrogen) atoms. The largest absolute Gasteiger partial charge is 0.494 e. The molecule has 3 rings (SSSR count). The summed E-state index contributed by atoms with van der Waals surface area (Å²) in [5.74, 6) is 0.798. The van der Waals surface area contributed by atoms with E-state index in [4.69, 9.17) is 9.47 Å². The first-order valence-corrected chi connectivity index (χ1v) is 9.45. The number of nitrogens with zero attached hydrogens (tertiary/aromatic N) is 3. The van der Waals surface area contributed by atoms with E-state index in [1.165, 1.54) is 4.68 Å². The Morgan fingerprint density at radius 2 is 1.79 bits per heavy atom. The minimum Gasteiger partial charge on any atom is -0.494 e. The van der Waals surface area contributed by atoms with Gasteiger partial charge in [0.25, 0.3) is 0 Å². The van der Waals surface area contributed by atoms with Gasteiger partial charge in [0.05, 0.1) is 24.6 Å². The normalized spacial score (nSPS) is 27.7. The van der Waals surface area contributed by atoms with Crippen molar-refractivity contribution in [1.29, 1.82) is 0 Å². The van der Waals surface area contributed by atoms with Gasteiger partial charge in [0.2, 0.25) is 0 Å². The van der Waals surface area contributed by atoms with Crippen LogP contribution in [0.5, 0.6) is 5.75 Å². The number of rotatable bonds is 7. The molecule has 0 amide bonds. The van der Waals surface area contributed by atoms with Crippen molar-refractivity contribution in [2.24, 2.45) is 0 Å². The maximum atomic E-state index is 10.4. The van der Waals surface area contributed by atoms with Crippen LogP contribution in [-0.2, 0) is 17.6 Å². The fourth-order valence-corrected chi connectivity index (χ4v) is 3.40. The molecule has 4 N–H and O–H groups in total. The predicted octanol–water partition coefficient (Wildman–Crippen LogP) is -0.198. The molecule has 0 unspecified atom stereocenters. The van der Waals surface area contributed by atoms with Crippen molar-refractivity contribution in [3.63, 3.8) is 0 Å². The molecule has 1 aromatic heterocycles. The molecule has 9 heteroatoms. The number of aliphatic hydroxyl groups is 4. The van der Waals surface area contributed by atoms with Crippen molar-refractivity contribution in [1.82, 2.24) is 15.0 Å². The highest BCUT2D eigenvalue weighted by atomic mass is 16.6. The molecule has 9 nitrogen and oxygen atoms in total. The molecule has 0 saturated carbocycles. The third-order valence-electron chi connectivity index (χ3n) is 4.92. The molecular formula is C19H27N3O6. The molecule has 0 bridgehead atoms. The molecule has 0 radical (unpaired) electrons. The first-order chi connectivity index (χ1) is 13.5. The summed E-state index contributed by atoms with van der Waals surface area (Å²) in [5.41, 5.74) is 2.50. The molecule has 0 aliphatic carbocycles. The van der Waals surface area contributed by atoms with Crippen LogP contribution in [0.1, 0.15) is 37.0 Å². The summed E-state index contributed by atoms with van der Waals surface area (Å²) in [7, 11) is 0. The van der Waals surface area contributed by atoms with Crippen molar-refractivity contribution in [2.75, 3.05) is 13.2 Å². The second-order valence-corrected chi connectivity index (χ2v) is 6.75. The van der Waals surface area contributed by atoms with Crippen LogP contribution in [0.3, 0.4) is 0 Å². The average molecular weight is 393 g/mol. The molecule has 2 aromatic rings. The standard InChI is InChI=1S/C19H27N3O6/c1-3-14-13(9-11-5-7-12(8-6-11)27-4-2)20-21-22(14)19-18(26)17(25)16(24)15(10-23)28-19/h5-8,15-19,23-26H,3-4,9-10H2,1-2H3/t15-,16-,17+,18-,19-/m1/s1. The Kier molecular flexibility index (Phi) is 6.63. The second kappa shape index (κ2) is 8.97. The smallest absolute Gasteiger partial charge is 0.181 e. The summed E-state index contributed by atoms with van der Waals surface area (Å²) in [6.45, 7) is 3.98. The first kappa shape index (κ1) is 20.7. The van der Waals surface area contributed by atoms with E-state index in [-0.39, 0.29) is 0 Å². The van der Waals surface area contributed by atoms with Crippen LogP contribution in [0.25, 0.3) is 0 Å². The van der Waals surface area contributed by atoms with Gasteiger partial charge < -0.3 is 29.9 Å². The lowest BCUT2D eigenvalue weighted by atomic mass is 9.98. The molecule has 1 fully saturated rings. The number of aromatic nitrogens is 3. The SMILES string of the molecule is CCOc1ccc(Cc2nnn([C@@H]3O[C@H](CO)[C@@H](O)[C@H](O)[C@H]3O)c2CC)cc1. The molecule has 2 heterocycles. The Hall–Kier alpha value is -2.04. The van der Waals surface area contributed by atoms with E-state index in [1.807, 2.05) is 38.1 Å². The zero-order valence-corrected chi connectivity index (χ0v) is 16.0. The Labute approximate surface area is 163 Å². The fraction of sp³-hybridized carbons (Fsp3) is 0.579. The lowest BCUT2D eigenvalue weighted by molar-refractivity contribution is -0.254. The summed E-state index contributed by atoms with van der Waals surface area (Å²) in [4.78, 5) is 0. The number of aliphatic hydroxyl groups excluding tert-OH is 4. The summed E-state index contributed by atoms with van der Waals surface area (Å²) in [5, 5.41) is 48.1. The van der Waals surface area contributed by atoms with E-state index in [2.05, 4.69) is 10.3 Å². The molecule has 1 aromatic carbocycles. The lowest BCUT2D eigenvalue weighted by Crippen LogP contribution is -2.56. The molecule has 154 valence electrons. The molecule has 5 atom stereocenters. The van der Waals surface area contributed by atoms with Gasteiger partial charge in [-0.1, -0.05) is 24.3 Å². The maximum absolute atomic E-state index is 10.4. The monoisotopic (exact) mass is 393 g/mol. The Bertz CT molecular complexity index is 764. The Morgan fingerprint density at radius 1 is 1.07 bits per heavy atom. The van der Waals surface area contributed by atoms with E-state index in [1.54, 1.807) is 0 Å². The van der Waals surface area contributed by atoms with Gasteiger partial charge in [-0.15, -0.1) is 5.10 Å². The summed E-state index contributed by atoms with van der Waals surface area (Å²) in [6.07, 6.45) is -5.20. The van der Waals surface area contributed by atoms with Crippen LogP contribution < -0.4 is 4.74 Å². The van der Waals surface area contributed by atoms with Gasteiger partial charge in [-0.05, 0) is 31.0 Å². The highest BCUT2D eigenvalue weighted by Gasteiger charge is 2.45. The van der Waals surface area contributed by atoms with Gasteiger partial charge in [-0.2, -0.15) is 0 Å². The van der Waals surface area contributed by atoms with Gasteiger partial charge in [0.15, 0.2) is 6.23 Å². The van der Waals surface area contributed by atoms with Crippen LogP contribution >= 0.6 is 0 Å². The topological polar surface area (TPSA) is 130 Å². The van der Waals surface area contributed by atoms with Gasteiger partial charge >= 0.3 is 0 Å². The third-order valence-corrected chi connectivity index (χ3v) is 4.92. The maximum Gasteiger partial charge on any atom is 0.181 e. The average Bonchev–Trinajstić information content (AvgIpc) is 3.10. The molecule has 1 aliphatic rings. The van der Waals surface area contributed by atoms with Gasteiger partial charge in [0.1, 0.15) is 30.2 Å². The van der Waals surface area contributed by atoms with Crippen molar-refractivity contribution in [3.05, 3.63) is 41.2 Å². The van der Waals surface area contributed by atoms with E-state index in [0.717, 1.165) is 22.7 Å². The Morgan fingerprint density at radius 3 is 2.39 bits per heavy atom. The van der Waals surface area contributed by atoms with Gasteiger partial charge in [0, 0.05) is 6.42 Å². The van der Waals surface area contributed by atoms with Gasteiger partial charge in [-0.25, -0.2) is 4.68 Å². The van der Waals surface area contributed by atoms with E-state index in [9.17, 15) is 20.4 Å². The second-order valence-electron chi connectivity index (χ2n) is 6.75. The third kappa shape index (κ3) is 4.03. The van der Waals surface area contributed by atoms with Crippen molar-refractivity contribution in [3.8, 4) is 5.75 Å². The summed E-state index contributed by atoms with van der Waals surface area (Å²) >= 11 is 0. The number of hydrogen-bond donors (Lipinski definition) is 4. The van der Waals surface area contributed by atoms with Crippen molar-refractivity contribution < 1.29 is 29.9 Å². The zero-order chi connectivity index (χ0) is 20.3. The Balaban J connectivity index is 1.83. The minimum absolute atomic E-state index is 0.489. The highest BCUT2D eigenvalue weighted by molar-refractivity contribution is 5.30. The van der Waals surface area contributed by atoms with Crippen molar-refractivity contribution in [2.45, 2.75) is 57.3 Å². The molecule has 1 aliphatic heterocycles. The lowest BCUT2D eigenvalue weighted by Gasteiger charge is -2.40. The molecular weight excluding hydrogens is 366 g/mol. The van der Waals surface area contributed by atoms with Crippen LogP contribution in [0.4, 0.5) is 0 Å². The number of benzene rings is 1. The van der Waals surface area contributed by atoms with Crippen molar-refractivity contribution >= 4 is 0 Å². The molecule has 1 saturated heterocycles. The van der Waals surface area contributed by atoms with Gasteiger partial charge in [-0.3, -0.25) is 0 Å². The quantitative estimate of drug-likeness (QED) is 0.509. The van der Waals surface area contributed by atoms with Crippen LogP contribution in [0.15, 0.2) is 24.3 Å². The van der Waals surface area contributed by atoms with E-state index in [0.29, 0.717) is 19.4 Å². The molecule has 0 spiro atoms. The minimum atomic E-state index is -1.46. The summed E-state index contributed by atoms with van der Waals surface area (Å²) in [6, 6.07) is 7.70. The predicted molar refractivity (Wildman–Crippen MR) is 98.8 cm³/mol.